The first-order valence-corrected chi connectivity index (χ1v) is 2.63. The molecule has 0 aliphatic heterocycles. The second-order valence-corrected chi connectivity index (χ2v) is 1.74. The first kappa shape index (κ1) is 10.7. The molecule has 0 aliphatic rings. The molecular weight excluding hydrogens is 211 g/mol. The number of H-pyrrole nitrogens is 1. The Hall–Kier alpha value is -1.34. The van der Waals surface area contributed by atoms with Gasteiger partial charge in [0.25, 0.3) is 0 Å². The third kappa shape index (κ3) is 1.83. The summed E-state index contributed by atoms with van der Waals surface area (Å²) in [5, 5.41) is 16.7. The molecule has 1 aromatic heterocycles. The molecule has 3 N–H and O–H groups in total. The number of nitrogens with zero attached hydrogens (tertiary/aromatic N) is 1. The van der Waals surface area contributed by atoms with Gasteiger partial charge in [-0.05, 0) is 0 Å². The van der Waals surface area contributed by atoms with Gasteiger partial charge in [-0.3, -0.25) is 0 Å². The zero-order chi connectivity index (χ0) is 8.43. The molecule has 1 aromatic rings. The molecule has 12 heavy (non-hydrogen) atoms. The topological polar surface area (TPSA) is 103 Å². The van der Waals surface area contributed by atoms with Crippen LogP contribution in [0.15, 0.2) is 6.33 Å². The van der Waals surface area contributed by atoms with Gasteiger partial charge in [-0.2, -0.15) is 0 Å². The maximum atomic E-state index is 10.3. The van der Waals surface area contributed by atoms with E-state index in [1.165, 1.54) is 0 Å². The van der Waals surface area contributed by atoms with Crippen LogP contribution in [0.25, 0.3) is 0 Å². The number of imidazole rings is 1. The molecule has 0 saturated heterocycles. The van der Waals surface area contributed by atoms with Crippen molar-refractivity contribution in [3.63, 3.8) is 0 Å². The largest absolute Gasteiger partial charge is 0.477 e. The molecule has 67 valence electrons. The van der Waals surface area contributed by atoms with E-state index in [0.717, 1.165) is 6.33 Å². The van der Waals surface area contributed by atoms with Crippen molar-refractivity contribution in [2.75, 3.05) is 0 Å². The molecule has 7 heteroatoms. The van der Waals surface area contributed by atoms with Crippen LogP contribution < -0.4 is 0 Å². The predicted octanol–water partition coefficient (Wildman–Crippen LogP) is -0.196. The summed E-state index contributed by atoms with van der Waals surface area (Å²) >= 11 is 0. The summed E-state index contributed by atoms with van der Waals surface area (Å²) in [4.78, 5) is 26.0. The number of carboxylic acids is 2. The van der Waals surface area contributed by atoms with Crippen molar-refractivity contribution in [3.8, 4) is 0 Å². The van der Waals surface area contributed by atoms with E-state index < -0.39 is 23.3 Å². The van der Waals surface area contributed by atoms with Gasteiger partial charge in [0, 0.05) is 16.8 Å². The van der Waals surface area contributed by atoms with E-state index in [1.807, 2.05) is 0 Å². The smallest absolute Gasteiger partial charge is 0.357 e. The molecule has 1 heterocycles. The number of carboxylic acid groups (broad SMARTS) is 2. The van der Waals surface area contributed by atoms with Crippen molar-refractivity contribution in [1.29, 1.82) is 0 Å². The normalized spacial score (nSPS) is 8.67. The van der Waals surface area contributed by atoms with Gasteiger partial charge >= 0.3 is 11.9 Å². The van der Waals surface area contributed by atoms with Crippen LogP contribution in [-0.2, 0) is 16.8 Å². The van der Waals surface area contributed by atoms with Gasteiger partial charge in [0.1, 0.15) is 0 Å². The first-order chi connectivity index (χ1) is 5.13. The summed E-state index contributed by atoms with van der Waals surface area (Å²) in [6, 6.07) is 0. The average Bonchev–Trinajstić information content (AvgIpc) is 2.32. The summed E-state index contributed by atoms with van der Waals surface area (Å²) < 4.78 is 0. The van der Waals surface area contributed by atoms with Gasteiger partial charge in [-0.15, -0.1) is 0 Å². The molecule has 0 aromatic carbocycles. The first-order valence-electron chi connectivity index (χ1n) is 2.63. The number of aromatic amines is 1. The molecule has 6 nitrogen and oxygen atoms in total. The Bertz CT molecular complexity index is 280. The zero-order valence-electron chi connectivity index (χ0n) is 5.57. The Morgan fingerprint density at radius 3 is 2.25 bits per heavy atom. The summed E-state index contributed by atoms with van der Waals surface area (Å²) in [5.74, 6) is -2.69. The number of carbonyl (C=O) groups is 2. The van der Waals surface area contributed by atoms with Crippen molar-refractivity contribution in [1.82, 2.24) is 9.97 Å². The monoisotopic (exact) mass is 215 g/mol. The standard InChI is InChI=1S/C5H4N2O4.Co/c8-4(9)2-3(5(10)11)7-1-6-2;/h1H,(H,6,7)(H,8,9)(H,10,11);. The second-order valence-electron chi connectivity index (χ2n) is 1.74. The number of aromatic carboxylic acids is 2. The fraction of sp³-hybridized carbons (Fsp3) is 0. The summed E-state index contributed by atoms with van der Waals surface area (Å²) in [6.45, 7) is 0. The minimum absolute atomic E-state index is 0. The number of rotatable bonds is 2. The molecule has 0 bridgehead atoms. The van der Waals surface area contributed by atoms with E-state index in [0.29, 0.717) is 0 Å². The fourth-order valence-electron chi connectivity index (χ4n) is 0.619. The fourth-order valence-corrected chi connectivity index (χ4v) is 0.619. The summed E-state index contributed by atoms with van der Waals surface area (Å²) in [6.07, 6.45) is 1.02. The summed E-state index contributed by atoms with van der Waals surface area (Å²) in [7, 11) is 0. The van der Waals surface area contributed by atoms with Crippen molar-refractivity contribution in [2.24, 2.45) is 0 Å². The van der Waals surface area contributed by atoms with E-state index in [1.54, 1.807) is 0 Å². The van der Waals surface area contributed by atoms with E-state index in [-0.39, 0.29) is 16.8 Å². The van der Waals surface area contributed by atoms with Crippen LogP contribution in [0.1, 0.15) is 21.0 Å². The SMILES string of the molecule is O=C(O)c1nc[nH]c1C(=O)O.[Co]. The van der Waals surface area contributed by atoms with Gasteiger partial charge in [-0.25, -0.2) is 14.6 Å². The predicted molar refractivity (Wildman–Crippen MR) is 32.5 cm³/mol. The van der Waals surface area contributed by atoms with Crippen molar-refractivity contribution in [3.05, 3.63) is 17.7 Å². The minimum atomic E-state index is -1.36. The maximum absolute atomic E-state index is 10.3. The molecule has 0 amide bonds. The molecule has 1 radical (unpaired) electrons. The van der Waals surface area contributed by atoms with Gasteiger partial charge in [0.15, 0.2) is 11.4 Å². The van der Waals surface area contributed by atoms with Crippen LogP contribution in [0.2, 0.25) is 0 Å². The molecule has 0 fully saturated rings. The number of aromatic nitrogens is 2. The summed E-state index contributed by atoms with van der Waals surface area (Å²) in [5.41, 5.74) is -0.880. The van der Waals surface area contributed by atoms with Gasteiger partial charge in [0.05, 0.1) is 6.33 Å². The third-order valence-electron chi connectivity index (χ3n) is 1.06. The quantitative estimate of drug-likeness (QED) is 0.633. The third-order valence-corrected chi connectivity index (χ3v) is 1.06. The van der Waals surface area contributed by atoms with Crippen molar-refractivity contribution >= 4 is 11.9 Å². The molecule has 0 spiro atoms. The van der Waals surface area contributed by atoms with Gasteiger partial charge in [-0.1, -0.05) is 0 Å². The Labute approximate surface area is 76.8 Å². The van der Waals surface area contributed by atoms with E-state index in [4.69, 9.17) is 10.2 Å². The molecular formula is C5H4CoN2O4. The van der Waals surface area contributed by atoms with Crippen LogP contribution in [0, 0.1) is 0 Å². The Morgan fingerprint density at radius 2 is 1.92 bits per heavy atom. The van der Waals surface area contributed by atoms with Crippen molar-refractivity contribution in [2.45, 2.75) is 0 Å². The molecule has 0 unspecified atom stereocenters. The number of nitrogens with one attached hydrogen (secondary N) is 1. The van der Waals surface area contributed by atoms with Gasteiger partial charge < -0.3 is 15.2 Å². The molecule has 0 saturated carbocycles. The van der Waals surface area contributed by atoms with E-state index in [9.17, 15) is 9.59 Å². The van der Waals surface area contributed by atoms with Crippen LogP contribution in [0.3, 0.4) is 0 Å². The molecule has 0 aliphatic carbocycles. The van der Waals surface area contributed by atoms with Gasteiger partial charge in [0.2, 0.25) is 0 Å². The zero-order valence-corrected chi connectivity index (χ0v) is 6.61. The Morgan fingerprint density at radius 1 is 1.33 bits per heavy atom. The number of hydrogen-bond donors (Lipinski definition) is 3. The van der Waals surface area contributed by atoms with Crippen LogP contribution in [0.4, 0.5) is 0 Å². The number of hydrogen-bond acceptors (Lipinski definition) is 3. The van der Waals surface area contributed by atoms with E-state index in [2.05, 4.69) is 9.97 Å². The van der Waals surface area contributed by atoms with E-state index >= 15 is 0 Å². The second kappa shape index (κ2) is 3.88. The van der Waals surface area contributed by atoms with Crippen LogP contribution in [-0.4, -0.2) is 32.1 Å². The van der Waals surface area contributed by atoms with Crippen LogP contribution in [0.5, 0.6) is 0 Å². The average molecular weight is 215 g/mol. The molecule has 1 rings (SSSR count). The molecule has 0 atom stereocenters. The Kier molecular flexibility index (Phi) is 3.45. The maximum Gasteiger partial charge on any atom is 0.357 e. The van der Waals surface area contributed by atoms with Crippen LogP contribution >= 0.6 is 0 Å². The van der Waals surface area contributed by atoms with Crippen molar-refractivity contribution < 1.29 is 36.6 Å². The minimum Gasteiger partial charge on any atom is -0.477 e. The Balaban J connectivity index is 0.00000121.